The highest BCUT2D eigenvalue weighted by atomic mass is 32.2. The zero-order valence-corrected chi connectivity index (χ0v) is 16.1. The minimum atomic E-state index is -0.662. The summed E-state index contributed by atoms with van der Waals surface area (Å²) in [6.07, 6.45) is 3.25. The van der Waals surface area contributed by atoms with E-state index in [0.717, 1.165) is 55.9 Å². The molecule has 0 unspecified atom stereocenters. The summed E-state index contributed by atoms with van der Waals surface area (Å²) in [7, 11) is 0. The fraction of sp³-hybridized carbons (Fsp3) is 0.500. The second kappa shape index (κ2) is 7.30. The topological polar surface area (TPSA) is 107 Å². The van der Waals surface area contributed by atoms with Crippen molar-refractivity contribution in [3.63, 3.8) is 0 Å². The van der Waals surface area contributed by atoms with Gasteiger partial charge in [-0.25, -0.2) is 0 Å². The Morgan fingerprint density at radius 2 is 1.74 bits per heavy atom. The SMILES string of the molecule is CC1(C)CC(=O)C(Sc2ccc([N+](=O)[O-])cc2[N+](=O)[O-])=C(N2CCCC2)C1. The smallest absolute Gasteiger partial charge is 0.290 e. The predicted octanol–water partition coefficient (Wildman–Crippen LogP) is 4.29. The number of thioether (sulfide) groups is 1. The largest absolute Gasteiger partial charge is 0.374 e. The van der Waals surface area contributed by atoms with Gasteiger partial charge in [0, 0.05) is 31.3 Å². The van der Waals surface area contributed by atoms with Crippen LogP contribution in [0.5, 0.6) is 0 Å². The summed E-state index contributed by atoms with van der Waals surface area (Å²) in [6.45, 7) is 5.86. The number of carbonyl (C=O) groups is 1. The average Bonchev–Trinajstić information content (AvgIpc) is 3.10. The molecule has 1 aromatic rings. The van der Waals surface area contributed by atoms with E-state index in [1.165, 1.54) is 12.1 Å². The first kappa shape index (κ1) is 19.3. The molecule has 1 aliphatic heterocycles. The molecular weight excluding hydrogens is 370 g/mol. The van der Waals surface area contributed by atoms with Gasteiger partial charge in [0.2, 0.25) is 0 Å². The van der Waals surface area contributed by atoms with Crippen molar-refractivity contribution in [3.8, 4) is 0 Å². The van der Waals surface area contributed by atoms with Gasteiger partial charge in [-0.05, 0) is 30.7 Å². The monoisotopic (exact) mass is 391 g/mol. The third-order valence-electron chi connectivity index (χ3n) is 4.85. The van der Waals surface area contributed by atoms with Crippen LogP contribution >= 0.6 is 11.8 Å². The molecule has 2 aliphatic rings. The van der Waals surface area contributed by atoms with Crippen LogP contribution in [0.2, 0.25) is 0 Å². The second-order valence-corrected chi connectivity index (χ2v) is 8.73. The van der Waals surface area contributed by atoms with E-state index < -0.39 is 9.85 Å². The number of carbonyl (C=O) groups excluding carboxylic acids is 1. The Balaban J connectivity index is 2.04. The van der Waals surface area contributed by atoms with E-state index in [-0.39, 0.29) is 27.5 Å². The molecule has 8 nitrogen and oxygen atoms in total. The lowest BCUT2D eigenvalue weighted by atomic mass is 9.78. The highest BCUT2D eigenvalue weighted by Crippen LogP contribution is 2.46. The maximum absolute atomic E-state index is 12.9. The van der Waals surface area contributed by atoms with Gasteiger partial charge in [0.05, 0.1) is 25.7 Å². The van der Waals surface area contributed by atoms with Gasteiger partial charge in [-0.3, -0.25) is 25.0 Å². The van der Waals surface area contributed by atoms with Crippen LogP contribution in [0.25, 0.3) is 0 Å². The van der Waals surface area contributed by atoms with Gasteiger partial charge < -0.3 is 4.90 Å². The standard InChI is InChI=1S/C18H21N3O5S/c1-18(2)10-14(19-7-3-4-8-19)17(15(22)11-18)27-16-6-5-12(20(23)24)9-13(16)21(25)26/h5-6,9H,3-4,7-8,10-11H2,1-2H3. The van der Waals surface area contributed by atoms with E-state index >= 15 is 0 Å². The minimum Gasteiger partial charge on any atom is -0.374 e. The summed E-state index contributed by atoms with van der Waals surface area (Å²) in [6, 6.07) is 3.56. The van der Waals surface area contributed by atoms with Crippen molar-refractivity contribution >= 4 is 28.9 Å². The molecule has 0 atom stereocenters. The van der Waals surface area contributed by atoms with Crippen LogP contribution in [0, 0.1) is 25.6 Å². The number of hydrogen-bond acceptors (Lipinski definition) is 7. The zero-order valence-electron chi connectivity index (χ0n) is 15.3. The number of nitro groups is 2. The molecule has 1 aromatic carbocycles. The highest BCUT2D eigenvalue weighted by Gasteiger charge is 2.37. The minimum absolute atomic E-state index is 0.0224. The molecule has 0 aromatic heterocycles. The van der Waals surface area contributed by atoms with Crippen molar-refractivity contribution in [2.75, 3.05) is 13.1 Å². The number of nitro benzene ring substituents is 2. The molecule has 1 fully saturated rings. The van der Waals surface area contributed by atoms with Gasteiger partial charge in [-0.2, -0.15) is 0 Å². The molecular formula is C18H21N3O5S. The van der Waals surface area contributed by atoms with Crippen molar-refractivity contribution in [1.82, 2.24) is 4.90 Å². The van der Waals surface area contributed by atoms with Crippen LogP contribution < -0.4 is 0 Å². The van der Waals surface area contributed by atoms with E-state index in [9.17, 15) is 25.0 Å². The number of ketones is 1. The first-order valence-electron chi connectivity index (χ1n) is 8.80. The Hall–Kier alpha value is -2.42. The first-order valence-corrected chi connectivity index (χ1v) is 9.61. The molecule has 1 saturated heterocycles. The normalized spacial score (nSPS) is 19.5. The van der Waals surface area contributed by atoms with Gasteiger partial charge in [0.25, 0.3) is 11.4 Å². The highest BCUT2D eigenvalue weighted by molar-refractivity contribution is 8.04. The summed E-state index contributed by atoms with van der Waals surface area (Å²) in [5.41, 5.74) is 0.114. The number of allylic oxidation sites excluding steroid dienone is 2. The number of hydrogen-bond donors (Lipinski definition) is 0. The van der Waals surface area contributed by atoms with Gasteiger partial charge in [-0.15, -0.1) is 0 Å². The maximum Gasteiger partial charge on any atom is 0.290 e. The molecule has 0 N–H and O–H groups in total. The van der Waals surface area contributed by atoms with Crippen LogP contribution in [0.4, 0.5) is 11.4 Å². The Morgan fingerprint density at radius 1 is 1.07 bits per heavy atom. The summed E-state index contributed by atoms with van der Waals surface area (Å²) in [5.74, 6) is -0.0224. The molecule has 1 heterocycles. The molecule has 9 heteroatoms. The number of Topliss-reactive ketones (excluding diaryl/α,β-unsaturated/α-hetero) is 1. The average molecular weight is 391 g/mol. The van der Waals surface area contributed by atoms with Gasteiger partial charge in [-0.1, -0.05) is 25.6 Å². The van der Waals surface area contributed by atoms with Crippen LogP contribution in [0.15, 0.2) is 33.7 Å². The third kappa shape index (κ3) is 4.13. The number of likely N-dealkylation sites (tertiary alicyclic amines) is 1. The molecule has 0 bridgehead atoms. The molecule has 0 spiro atoms. The van der Waals surface area contributed by atoms with E-state index in [0.29, 0.717) is 11.3 Å². The predicted molar refractivity (Wildman–Crippen MR) is 101 cm³/mol. The van der Waals surface area contributed by atoms with Crippen molar-refractivity contribution in [3.05, 3.63) is 49.0 Å². The van der Waals surface area contributed by atoms with E-state index in [1.54, 1.807) is 0 Å². The number of non-ortho nitro benzene ring substituents is 1. The molecule has 27 heavy (non-hydrogen) atoms. The number of rotatable bonds is 5. The number of benzene rings is 1. The number of nitrogens with zero attached hydrogens (tertiary/aromatic N) is 3. The van der Waals surface area contributed by atoms with Crippen molar-refractivity contribution in [2.24, 2.45) is 5.41 Å². The maximum atomic E-state index is 12.9. The second-order valence-electron chi connectivity index (χ2n) is 7.68. The first-order chi connectivity index (χ1) is 12.7. The molecule has 144 valence electrons. The third-order valence-corrected chi connectivity index (χ3v) is 6.08. The zero-order chi connectivity index (χ0) is 19.8. The van der Waals surface area contributed by atoms with Crippen LogP contribution in [0.1, 0.15) is 39.5 Å². The van der Waals surface area contributed by atoms with Crippen LogP contribution in [-0.2, 0) is 4.79 Å². The van der Waals surface area contributed by atoms with E-state index in [4.69, 9.17) is 0 Å². The van der Waals surface area contributed by atoms with Gasteiger partial charge in [0.15, 0.2) is 5.78 Å². The Kier molecular flexibility index (Phi) is 5.23. The van der Waals surface area contributed by atoms with Crippen molar-refractivity contribution in [2.45, 2.75) is 44.4 Å². The summed E-state index contributed by atoms with van der Waals surface area (Å²) in [4.78, 5) is 36.9. The molecule has 0 radical (unpaired) electrons. The van der Waals surface area contributed by atoms with Crippen molar-refractivity contribution in [1.29, 1.82) is 0 Å². The lowest BCUT2D eigenvalue weighted by molar-refractivity contribution is -0.396. The summed E-state index contributed by atoms with van der Waals surface area (Å²) >= 11 is 1.07. The molecule has 1 aliphatic carbocycles. The fourth-order valence-electron chi connectivity index (χ4n) is 3.59. The Labute approximate surface area is 160 Å². The summed E-state index contributed by atoms with van der Waals surface area (Å²) < 4.78 is 0. The quantitative estimate of drug-likeness (QED) is 0.544. The van der Waals surface area contributed by atoms with Crippen molar-refractivity contribution < 1.29 is 14.6 Å². The van der Waals surface area contributed by atoms with Gasteiger partial charge >= 0.3 is 0 Å². The Morgan fingerprint density at radius 3 is 2.33 bits per heavy atom. The van der Waals surface area contributed by atoms with Gasteiger partial charge in [0.1, 0.15) is 0 Å². The fourth-order valence-corrected chi connectivity index (χ4v) is 4.69. The van der Waals surface area contributed by atoms with Crippen LogP contribution in [-0.4, -0.2) is 33.6 Å². The van der Waals surface area contributed by atoms with E-state index in [1.807, 2.05) is 0 Å². The molecule has 0 amide bonds. The molecule has 3 rings (SSSR count). The molecule has 0 saturated carbocycles. The summed E-state index contributed by atoms with van der Waals surface area (Å²) in [5, 5.41) is 22.4. The lowest BCUT2D eigenvalue weighted by Crippen LogP contribution is -2.32. The van der Waals surface area contributed by atoms with Crippen LogP contribution in [0.3, 0.4) is 0 Å². The Bertz CT molecular complexity index is 843. The lowest BCUT2D eigenvalue weighted by Gasteiger charge is -2.36. The van der Waals surface area contributed by atoms with E-state index in [2.05, 4.69) is 18.7 Å².